The molecule has 0 saturated heterocycles. The first kappa shape index (κ1) is 20.9. The topological polar surface area (TPSA) is 71.3 Å². The Morgan fingerprint density at radius 2 is 1.90 bits per heavy atom. The summed E-state index contributed by atoms with van der Waals surface area (Å²) >= 11 is 6.06. The van der Waals surface area contributed by atoms with Gasteiger partial charge in [-0.25, -0.2) is 4.79 Å². The lowest BCUT2D eigenvalue weighted by Gasteiger charge is -2.34. The number of aromatic nitrogens is 2. The lowest BCUT2D eigenvalue weighted by Crippen LogP contribution is -2.46. The zero-order valence-corrected chi connectivity index (χ0v) is 18.2. The van der Waals surface area contributed by atoms with Gasteiger partial charge in [0.15, 0.2) is 0 Å². The summed E-state index contributed by atoms with van der Waals surface area (Å²) in [5.74, 6) is 0.862. The highest BCUT2D eigenvalue weighted by Gasteiger charge is 2.35. The number of halogens is 1. The quantitative estimate of drug-likeness (QED) is 0.510. The lowest BCUT2D eigenvalue weighted by molar-refractivity contribution is 0.209. The molecule has 0 radical (unpaired) electrons. The van der Waals surface area contributed by atoms with Crippen molar-refractivity contribution in [3.63, 3.8) is 0 Å². The molecule has 1 aromatic heterocycles. The van der Waals surface area contributed by atoms with Crippen LogP contribution in [0.1, 0.15) is 36.9 Å². The Morgan fingerprint density at radius 1 is 1.19 bits per heavy atom. The Morgan fingerprint density at radius 3 is 2.55 bits per heavy atom. The average Bonchev–Trinajstić information content (AvgIpc) is 3.26. The standard InChI is InChI=1S/C24H23ClN4O2/c1-4-14-29-15(3)20(21(26-24(29)30)17-10-12-19(25)13-11-17)23-27-22(28-31-23)18-8-6-16(5-2)7-9-18/h4,6-13,21H,1,5,14H2,2-3H3,(H,26,30). The number of rotatable bonds is 6. The van der Waals surface area contributed by atoms with E-state index < -0.39 is 6.04 Å². The van der Waals surface area contributed by atoms with Gasteiger partial charge in [0.05, 0.1) is 11.6 Å². The second-order valence-electron chi connectivity index (χ2n) is 7.31. The summed E-state index contributed by atoms with van der Waals surface area (Å²) in [6.45, 7) is 8.11. The van der Waals surface area contributed by atoms with Crippen LogP contribution in [-0.2, 0) is 6.42 Å². The summed E-state index contributed by atoms with van der Waals surface area (Å²) in [5, 5.41) is 7.85. The summed E-state index contributed by atoms with van der Waals surface area (Å²) < 4.78 is 5.67. The minimum atomic E-state index is -0.443. The van der Waals surface area contributed by atoms with E-state index in [1.54, 1.807) is 23.1 Å². The van der Waals surface area contributed by atoms with E-state index in [0.717, 1.165) is 28.8 Å². The predicted molar refractivity (Wildman–Crippen MR) is 121 cm³/mol. The SMILES string of the molecule is C=CCN1C(=O)NC(c2ccc(Cl)cc2)C(c2nc(-c3ccc(CC)cc3)no2)=C1C. The van der Waals surface area contributed by atoms with Gasteiger partial charge >= 0.3 is 6.03 Å². The van der Waals surface area contributed by atoms with E-state index >= 15 is 0 Å². The van der Waals surface area contributed by atoms with Gasteiger partial charge in [-0.05, 0) is 36.6 Å². The highest BCUT2D eigenvalue weighted by atomic mass is 35.5. The molecule has 1 aliphatic heterocycles. The van der Waals surface area contributed by atoms with Crippen molar-refractivity contribution >= 4 is 23.2 Å². The fraction of sp³-hybridized carbons (Fsp3) is 0.208. The Labute approximate surface area is 186 Å². The molecule has 3 aromatic rings. The summed E-state index contributed by atoms with van der Waals surface area (Å²) in [7, 11) is 0. The third-order valence-electron chi connectivity index (χ3n) is 5.39. The molecule has 0 saturated carbocycles. The number of carbonyl (C=O) groups is 1. The fourth-order valence-corrected chi connectivity index (χ4v) is 3.78. The summed E-state index contributed by atoms with van der Waals surface area (Å²) in [5.41, 5.74) is 4.46. The monoisotopic (exact) mass is 434 g/mol. The molecule has 0 fully saturated rings. The van der Waals surface area contributed by atoms with Crippen LogP contribution in [0.3, 0.4) is 0 Å². The zero-order valence-electron chi connectivity index (χ0n) is 17.4. The van der Waals surface area contributed by atoms with Crippen molar-refractivity contribution in [3.8, 4) is 11.4 Å². The number of carbonyl (C=O) groups excluding carboxylic acids is 1. The first-order chi connectivity index (χ1) is 15.0. The van der Waals surface area contributed by atoms with Crippen molar-refractivity contribution in [1.82, 2.24) is 20.4 Å². The van der Waals surface area contributed by atoms with Crippen molar-refractivity contribution in [1.29, 1.82) is 0 Å². The van der Waals surface area contributed by atoms with Gasteiger partial charge in [-0.3, -0.25) is 4.90 Å². The van der Waals surface area contributed by atoms with E-state index in [1.807, 2.05) is 31.2 Å². The second-order valence-corrected chi connectivity index (χ2v) is 7.74. The maximum Gasteiger partial charge on any atom is 0.322 e. The maximum atomic E-state index is 12.7. The molecule has 4 rings (SSSR count). The second kappa shape index (κ2) is 8.78. The Kier molecular flexibility index (Phi) is 5.91. The number of amides is 2. The molecule has 31 heavy (non-hydrogen) atoms. The maximum absolute atomic E-state index is 12.7. The van der Waals surface area contributed by atoms with Gasteiger partial charge < -0.3 is 9.84 Å². The van der Waals surface area contributed by atoms with E-state index in [0.29, 0.717) is 23.3 Å². The molecule has 1 N–H and O–H groups in total. The van der Waals surface area contributed by atoms with Crippen LogP contribution in [0.4, 0.5) is 4.79 Å². The molecule has 2 amide bonds. The molecule has 1 aliphatic rings. The molecular formula is C24H23ClN4O2. The average molecular weight is 435 g/mol. The van der Waals surface area contributed by atoms with Gasteiger partial charge in [0.2, 0.25) is 5.82 Å². The van der Waals surface area contributed by atoms with Crippen LogP contribution in [0.25, 0.3) is 17.0 Å². The van der Waals surface area contributed by atoms with Crippen LogP contribution < -0.4 is 5.32 Å². The van der Waals surface area contributed by atoms with Crippen molar-refractivity contribution in [3.05, 3.63) is 88.9 Å². The van der Waals surface area contributed by atoms with Crippen LogP contribution >= 0.6 is 11.6 Å². The van der Waals surface area contributed by atoms with E-state index in [1.165, 1.54) is 5.56 Å². The number of hydrogen-bond acceptors (Lipinski definition) is 4. The Balaban J connectivity index is 1.78. The summed E-state index contributed by atoms with van der Waals surface area (Å²) in [6, 6.07) is 14.8. The third-order valence-corrected chi connectivity index (χ3v) is 5.64. The molecule has 0 bridgehead atoms. The molecule has 0 spiro atoms. The van der Waals surface area contributed by atoms with Gasteiger partial charge in [0, 0.05) is 22.8 Å². The van der Waals surface area contributed by atoms with E-state index in [9.17, 15) is 4.79 Å². The highest BCUT2D eigenvalue weighted by Crippen LogP contribution is 2.37. The minimum absolute atomic E-state index is 0.212. The first-order valence-corrected chi connectivity index (χ1v) is 10.5. The van der Waals surface area contributed by atoms with Crippen LogP contribution in [0.15, 0.2) is 71.4 Å². The smallest absolute Gasteiger partial charge is 0.322 e. The largest absolute Gasteiger partial charge is 0.334 e. The lowest BCUT2D eigenvalue weighted by atomic mass is 9.94. The fourth-order valence-electron chi connectivity index (χ4n) is 3.65. The summed E-state index contributed by atoms with van der Waals surface area (Å²) in [6.07, 6.45) is 2.64. The molecule has 0 aliphatic carbocycles. The molecule has 6 nitrogen and oxygen atoms in total. The number of benzene rings is 2. The molecule has 158 valence electrons. The number of hydrogen-bond donors (Lipinski definition) is 1. The van der Waals surface area contributed by atoms with Gasteiger partial charge in [0.25, 0.3) is 5.89 Å². The normalized spacial score (nSPS) is 16.4. The Hall–Kier alpha value is -3.38. The number of allylic oxidation sites excluding steroid dienone is 1. The number of aryl methyl sites for hydroxylation is 1. The molecule has 1 atom stereocenters. The molecule has 1 unspecified atom stereocenters. The van der Waals surface area contributed by atoms with E-state index in [-0.39, 0.29) is 6.03 Å². The van der Waals surface area contributed by atoms with Crippen LogP contribution in [0, 0.1) is 0 Å². The molecule has 7 heteroatoms. The van der Waals surface area contributed by atoms with Crippen LogP contribution in [-0.4, -0.2) is 27.6 Å². The van der Waals surface area contributed by atoms with E-state index in [4.69, 9.17) is 16.1 Å². The number of urea groups is 1. The van der Waals surface area contributed by atoms with Gasteiger partial charge in [-0.1, -0.05) is 66.2 Å². The van der Waals surface area contributed by atoms with Crippen molar-refractivity contribution in [2.24, 2.45) is 0 Å². The van der Waals surface area contributed by atoms with Crippen LogP contribution in [0.2, 0.25) is 5.02 Å². The molecule has 2 aromatic carbocycles. The van der Waals surface area contributed by atoms with E-state index in [2.05, 4.69) is 41.1 Å². The minimum Gasteiger partial charge on any atom is -0.334 e. The van der Waals surface area contributed by atoms with Crippen molar-refractivity contribution in [2.75, 3.05) is 6.54 Å². The number of nitrogens with zero attached hydrogens (tertiary/aromatic N) is 3. The zero-order chi connectivity index (χ0) is 22.0. The van der Waals surface area contributed by atoms with Crippen molar-refractivity contribution in [2.45, 2.75) is 26.3 Å². The Bertz CT molecular complexity index is 1130. The summed E-state index contributed by atoms with van der Waals surface area (Å²) in [4.78, 5) is 19.0. The van der Waals surface area contributed by atoms with Crippen molar-refractivity contribution < 1.29 is 9.32 Å². The van der Waals surface area contributed by atoms with Gasteiger partial charge in [-0.15, -0.1) is 6.58 Å². The molecular weight excluding hydrogens is 412 g/mol. The predicted octanol–water partition coefficient (Wildman–Crippen LogP) is 5.64. The third kappa shape index (κ3) is 4.11. The van der Waals surface area contributed by atoms with Gasteiger partial charge in [-0.2, -0.15) is 4.98 Å². The number of nitrogens with one attached hydrogen (secondary N) is 1. The molecule has 2 heterocycles. The van der Waals surface area contributed by atoms with Gasteiger partial charge in [0.1, 0.15) is 0 Å². The highest BCUT2D eigenvalue weighted by molar-refractivity contribution is 6.30. The van der Waals surface area contributed by atoms with Crippen LogP contribution in [0.5, 0.6) is 0 Å². The first-order valence-electron chi connectivity index (χ1n) is 10.1.